The first-order valence-electron chi connectivity index (χ1n) is 4.51. The van der Waals surface area contributed by atoms with Gasteiger partial charge in [-0.05, 0) is 0 Å². The largest absolute Gasteiger partial charge is 0.393 e. The Bertz CT molecular complexity index is 495. The van der Waals surface area contributed by atoms with E-state index >= 15 is 0 Å². The summed E-state index contributed by atoms with van der Waals surface area (Å²) in [6, 6.07) is 0. The van der Waals surface area contributed by atoms with Gasteiger partial charge in [0.15, 0.2) is 16.8 Å². The number of nitrogens with two attached hydrogens (primary N) is 1. The molecule has 0 fully saturated rings. The standard InChI is InChI=1S/C8H10ClN7/c1-16-4-14-15-5(16)2-11-8-6(10)7(9)12-3-13-8/h3-4H,2,10H2,1H3,(H,11,12,13). The number of hydrogen-bond donors (Lipinski definition) is 2. The lowest BCUT2D eigenvalue weighted by atomic mass is 10.4. The summed E-state index contributed by atoms with van der Waals surface area (Å²) in [4.78, 5) is 7.74. The smallest absolute Gasteiger partial charge is 0.157 e. The molecule has 0 saturated heterocycles. The summed E-state index contributed by atoms with van der Waals surface area (Å²) < 4.78 is 1.80. The van der Waals surface area contributed by atoms with Crippen molar-refractivity contribution in [3.8, 4) is 0 Å². The van der Waals surface area contributed by atoms with Gasteiger partial charge >= 0.3 is 0 Å². The van der Waals surface area contributed by atoms with Gasteiger partial charge in [0.25, 0.3) is 0 Å². The zero-order valence-electron chi connectivity index (χ0n) is 8.55. The summed E-state index contributed by atoms with van der Waals surface area (Å²) in [5.41, 5.74) is 6.02. The molecule has 0 aliphatic carbocycles. The number of aryl methyl sites for hydroxylation is 1. The molecule has 2 heterocycles. The number of anilines is 2. The van der Waals surface area contributed by atoms with Gasteiger partial charge in [-0.15, -0.1) is 10.2 Å². The van der Waals surface area contributed by atoms with Gasteiger partial charge in [0.2, 0.25) is 0 Å². The van der Waals surface area contributed by atoms with Crippen LogP contribution in [0.1, 0.15) is 5.82 Å². The van der Waals surface area contributed by atoms with Crippen LogP contribution in [0.15, 0.2) is 12.7 Å². The van der Waals surface area contributed by atoms with Gasteiger partial charge in [-0.1, -0.05) is 11.6 Å². The van der Waals surface area contributed by atoms with E-state index in [0.29, 0.717) is 18.1 Å². The number of rotatable bonds is 3. The van der Waals surface area contributed by atoms with Crippen LogP contribution in [0.2, 0.25) is 5.15 Å². The summed E-state index contributed by atoms with van der Waals surface area (Å²) in [6.45, 7) is 0.466. The first kappa shape index (κ1) is 10.6. The second-order valence-corrected chi connectivity index (χ2v) is 3.50. The molecule has 0 bridgehead atoms. The maximum Gasteiger partial charge on any atom is 0.157 e. The highest BCUT2D eigenvalue weighted by Gasteiger charge is 2.06. The van der Waals surface area contributed by atoms with E-state index in [1.807, 2.05) is 7.05 Å². The minimum Gasteiger partial charge on any atom is -0.393 e. The van der Waals surface area contributed by atoms with Gasteiger partial charge in [-0.3, -0.25) is 0 Å². The first-order chi connectivity index (χ1) is 7.68. The summed E-state index contributed by atoms with van der Waals surface area (Å²) in [6.07, 6.45) is 2.96. The fourth-order valence-corrected chi connectivity index (χ4v) is 1.28. The molecular weight excluding hydrogens is 230 g/mol. The van der Waals surface area contributed by atoms with Gasteiger partial charge in [-0.25, -0.2) is 9.97 Å². The van der Waals surface area contributed by atoms with Crippen LogP contribution in [0.3, 0.4) is 0 Å². The van der Waals surface area contributed by atoms with Crippen LogP contribution in [0.4, 0.5) is 11.5 Å². The van der Waals surface area contributed by atoms with E-state index in [2.05, 4.69) is 25.5 Å². The number of hydrogen-bond acceptors (Lipinski definition) is 6. The van der Waals surface area contributed by atoms with Crippen molar-refractivity contribution in [1.29, 1.82) is 0 Å². The van der Waals surface area contributed by atoms with Crippen LogP contribution >= 0.6 is 11.6 Å². The molecule has 3 N–H and O–H groups in total. The number of nitrogens with zero attached hydrogens (tertiary/aromatic N) is 5. The molecule has 0 aliphatic heterocycles. The lowest BCUT2D eigenvalue weighted by Gasteiger charge is -2.07. The molecule has 2 rings (SSSR count). The average molecular weight is 240 g/mol. The minimum absolute atomic E-state index is 0.232. The highest BCUT2D eigenvalue weighted by molar-refractivity contribution is 6.32. The van der Waals surface area contributed by atoms with Crippen LogP contribution in [0, 0.1) is 0 Å². The van der Waals surface area contributed by atoms with Crippen molar-refractivity contribution in [2.75, 3.05) is 11.1 Å². The zero-order chi connectivity index (χ0) is 11.5. The van der Waals surface area contributed by atoms with E-state index in [4.69, 9.17) is 17.3 Å². The second kappa shape index (κ2) is 4.31. The Labute approximate surface area is 96.7 Å². The van der Waals surface area contributed by atoms with E-state index in [-0.39, 0.29) is 5.15 Å². The fourth-order valence-electron chi connectivity index (χ4n) is 1.14. The lowest BCUT2D eigenvalue weighted by Crippen LogP contribution is -2.09. The Morgan fingerprint density at radius 3 is 3.00 bits per heavy atom. The molecular formula is C8H10ClN7. The molecule has 0 aromatic carbocycles. The predicted octanol–water partition coefficient (Wildman–Crippen LogP) is 0.453. The normalized spacial score (nSPS) is 10.4. The van der Waals surface area contributed by atoms with Crippen molar-refractivity contribution < 1.29 is 0 Å². The molecule has 2 aromatic heterocycles. The monoisotopic (exact) mass is 239 g/mol. The summed E-state index contributed by atoms with van der Waals surface area (Å²) in [5.74, 6) is 1.26. The maximum absolute atomic E-state index is 5.76. The highest BCUT2D eigenvalue weighted by Crippen LogP contribution is 2.21. The van der Waals surface area contributed by atoms with Crippen LogP contribution < -0.4 is 11.1 Å². The molecule has 0 unspecified atom stereocenters. The van der Waals surface area contributed by atoms with E-state index in [1.54, 1.807) is 10.9 Å². The van der Waals surface area contributed by atoms with E-state index in [9.17, 15) is 0 Å². The van der Waals surface area contributed by atoms with Gasteiger partial charge in [0.05, 0.1) is 6.54 Å². The summed E-state index contributed by atoms with van der Waals surface area (Å²) in [5, 5.41) is 10.9. The highest BCUT2D eigenvalue weighted by atomic mass is 35.5. The predicted molar refractivity (Wildman–Crippen MR) is 59.8 cm³/mol. The molecule has 0 atom stereocenters. The molecule has 0 saturated carbocycles. The van der Waals surface area contributed by atoms with Gasteiger partial charge in [0.1, 0.15) is 18.3 Å². The van der Waals surface area contributed by atoms with Crippen molar-refractivity contribution in [3.63, 3.8) is 0 Å². The Morgan fingerprint density at radius 1 is 1.50 bits per heavy atom. The Kier molecular flexibility index (Phi) is 2.86. The Morgan fingerprint density at radius 2 is 2.31 bits per heavy atom. The van der Waals surface area contributed by atoms with Crippen molar-refractivity contribution >= 4 is 23.1 Å². The van der Waals surface area contributed by atoms with Gasteiger partial charge in [-0.2, -0.15) is 0 Å². The number of aromatic nitrogens is 5. The van der Waals surface area contributed by atoms with E-state index < -0.39 is 0 Å². The van der Waals surface area contributed by atoms with Crippen molar-refractivity contribution in [3.05, 3.63) is 23.6 Å². The summed E-state index contributed by atoms with van der Waals surface area (Å²) in [7, 11) is 1.85. The summed E-state index contributed by atoms with van der Waals surface area (Å²) >= 11 is 5.76. The molecule has 7 nitrogen and oxygen atoms in total. The molecule has 0 radical (unpaired) electrons. The molecule has 0 amide bonds. The van der Waals surface area contributed by atoms with Crippen molar-refractivity contribution in [2.45, 2.75) is 6.54 Å². The molecule has 0 spiro atoms. The van der Waals surface area contributed by atoms with Gasteiger partial charge in [0, 0.05) is 7.05 Å². The molecule has 84 valence electrons. The van der Waals surface area contributed by atoms with E-state index in [1.165, 1.54) is 6.33 Å². The molecule has 8 heteroatoms. The lowest BCUT2D eigenvalue weighted by molar-refractivity contribution is 0.810. The molecule has 16 heavy (non-hydrogen) atoms. The van der Waals surface area contributed by atoms with E-state index in [0.717, 1.165) is 5.82 Å². The Hall–Kier alpha value is -1.89. The number of halogens is 1. The third-order valence-electron chi connectivity index (χ3n) is 2.05. The SMILES string of the molecule is Cn1cnnc1CNc1ncnc(Cl)c1N. The van der Waals surface area contributed by atoms with Crippen LogP contribution in [0.25, 0.3) is 0 Å². The van der Waals surface area contributed by atoms with Crippen LogP contribution in [0.5, 0.6) is 0 Å². The molecule has 0 aliphatic rings. The third-order valence-corrected chi connectivity index (χ3v) is 2.36. The number of nitrogen functional groups attached to an aromatic ring is 1. The van der Waals surface area contributed by atoms with Gasteiger partial charge < -0.3 is 15.6 Å². The minimum atomic E-state index is 0.232. The second-order valence-electron chi connectivity index (χ2n) is 3.14. The maximum atomic E-state index is 5.76. The van der Waals surface area contributed by atoms with Crippen LogP contribution in [-0.2, 0) is 13.6 Å². The fraction of sp³-hybridized carbons (Fsp3) is 0.250. The first-order valence-corrected chi connectivity index (χ1v) is 4.89. The van der Waals surface area contributed by atoms with Crippen LogP contribution in [-0.4, -0.2) is 24.7 Å². The average Bonchev–Trinajstić information content (AvgIpc) is 2.67. The van der Waals surface area contributed by atoms with Crippen molar-refractivity contribution in [2.24, 2.45) is 7.05 Å². The molecule has 2 aromatic rings. The topological polar surface area (TPSA) is 94.5 Å². The zero-order valence-corrected chi connectivity index (χ0v) is 9.31. The quantitative estimate of drug-likeness (QED) is 0.756. The van der Waals surface area contributed by atoms with Crippen molar-refractivity contribution in [1.82, 2.24) is 24.7 Å². The number of nitrogens with one attached hydrogen (secondary N) is 1. The Balaban J connectivity index is 2.11. The third kappa shape index (κ3) is 2.03.